The van der Waals surface area contributed by atoms with Crippen molar-refractivity contribution in [3.05, 3.63) is 78.4 Å². The van der Waals surface area contributed by atoms with E-state index in [1.807, 2.05) is 48.5 Å². The number of allylic oxidation sites excluding steroid dienone is 1. The average Bonchev–Trinajstić information content (AvgIpc) is 2.55. The molecule has 0 aliphatic heterocycles. The third-order valence-corrected chi connectivity index (χ3v) is 3.32. The summed E-state index contributed by atoms with van der Waals surface area (Å²) in [6, 6.07) is 18.0. The van der Waals surface area contributed by atoms with E-state index >= 15 is 0 Å². The molecule has 0 spiro atoms. The van der Waals surface area contributed by atoms with E-state index in [4.69, 9.17) is 4.74 Å². The monoisotopic (exact) mass is 297 g/mol. The molecule has 0 aliphatic carbocycles. The van der Waals surface area contributed by atoms with E-state index in [1.54, 1.807) is 0 Å². The summed E-state index contributed by atoms with van der Waals surface area (Å²) in [5.41, 5.74) is 2.29. The molecule has 0 amide bonds. The first-order valence-electron chi connectivity index (χ1n) is 7.54. The minimum Gasteiger partial charge on any atom is -0.491 e. The number of benzene rings is 2. The van der Waals surface area contributed by atoms with Crippen molar-refractivity contribution in [2.24, 2.45) is 0 Å². The van der Waals surface area contributed by atoms with Crippen LogP contribution in [0.3, 0.4) is 0 Å². The normalized spacial score (nSPS) is 11.9. The highest BCUT2D eigenvalue weighted by molar-refractivity contribution is 5.34. The lowest BCUT2D eigenvalue weighted by molar-refractivity contribution is 0.106. The lowest BCUT2D eigenvalue weighted by Gasteiger charge is -2.15. The van der Waals surface area contributed by atoms with Gasteiger partial charge in [-0.2, -0.15) is 0 Å². The van der Waals surface area contributed by atoms with Crippen LogP contribution >= 0.6 is 0 Å². The maximum Gasteiger partial charge on any atom is 0.122 e. The van der Waals surface area contributed by atoms with Crippen molar-refractivity contribution in [1.29, 1.82) is 0 Å². The topological polar surface area (TPSA) is 41.5 Å². The predicted molar refractivity (Wildman–Crippen MR) is 90.0 cm³/mol. The third-order valence-electron chi connectivity index (χ3n) is 3.32. The SMILES string of the molecule is C=CCc1ccccc1OC[C@H](O)CNCc1ccccc1. The number of aliphatic hydroxyl groups is 1. The van der Waals surface area contributed by atoms with Gasteiger partial charge >= 0.3 is 0 Å². The fraction of sp³-hybridized carbons (Fsp3) is 0.263. The van der Waals surface area contributed by atoms with Gasteiger partial charge in [0.2, 0.25) is 0 Å². The lowest BCUT2D eigenvalue weighted by Crippen LogP contribution is -2.31. The van der Waals surface area contributed by atoms with Gasteiger partial charge in [0, 0.05) is 13.1 Å². The number of hydrogen-bond acceptors (Lipinski definition) is 3. The Bertz CT molecular complexity index is 569. The maximum atomic E-state index is 10.0. The lowest BCUT2D eigenvalue weighted by atomic mass is 10.1. The van der Waals surface area contributed by atoms with E-state index in [9.17, 15) is 5.11 Å². The van der Waals surface area contributed by atoms with E-state index in [0.717, 1.165) is 24.3 Å². The fourth-order valence-electron chi connectivity index (χ4n) is 2.19. The molecule has 2 N–H and O–H groups in total. The molecule has 0 heterocycles. The molecule has 3 nitrogen and oxygen atoms in total. The Hall–Kier alpha value is -2.10. The second kappa shape index (κ2) is 9.03. The van der Waals surface area contributed by atoms with Gasteiger partial charge < -0.3 is 15.2 Å². The molecular formula is C19H23NO2. The summed E-state index contributed by atoms with van der Waals surface area (Å²) in [5, 5.41) is 13.2. The zero-order valence-corrected chi connectivity index (χ0v) is 12.7. The number of ether oxygens (including phenoxy) is 1. The second-order valence-corrected chi connectivity index (χ2v) is 5.18. The molecule has 0 saturated heterocycles. The van der Waals surface area contributed by atoms with Crippen molar-refractivity contribution in [2.75, 3.05) is 13.2 Å². The molecule has 116 valence electrons. The van der Waals surface area contributed by atoms with Gasteiger partial charge in [-0.25, -0.2) is 0 Å². The van der Waals surface area contributed by atoms with Gasteiger partial charge in [0.15, 0.2) is 0 Å². The van der Waals surface area contributed by atoms with Crippen molar-refractivity contribution in [3.8, 4) is 5.75 Å². The number of hydrogen-bond donors (Lipinski definition) is 2. The number of aliphatic hydroxyl groups excluding tert-OH is 1. The van der Waals surface area contributed by atoms with Gasteiger partial charge in [-0.05, 0) is 23.6 Å². The molecule has 2 aromatic carbocycles. The van der Waals surface area contributed by atoms with Gasteiger partial charge in [0.25, 0.3) is 0 Å². The highest BCUT2D eigenvalue weighted by Crippen LogP contribution is 2.18. The van der Waals surface area contributed by atoms with Crippen LogP contribution in [0.1, 0.15) is 11.1 Å². The molecule has 2 aromatic rings. The summed E-state index contributed by atoms with van der Waals surface area (Å²) < 4.78 is 5.72. The summed E-state index contributed by atoms with van der Waals surface area (Å²) in [6.45, 7) is 5.26. The molecular weight excluding hydrogens is 274 g/mol. The van der Waals surface area contributed by atoms with Crippen molar-refractivity contribution in [3.63, 3.8) is 0 Å². The van der Waals surface area contributed by atoms with Crippen molar-refractivity contribution in [2.45, 2.75) is 19.1 Å². The summed E-state index contributed by atoms with van der Waals surface area (Å²) in [7, 11) is 0. The van der Waals surface area contributed by atoms with Crippen LogP contribution in [-0.4, -0.2) is 24.4 Å². The van der Waals surface area contributed by atoms with Gasteiger partial charge in [0.1, 0.15) is 18.5 Å². The second-order valence-electron chi connectivity index (χ2n) is 5.18. The predicted octanol–water partition coefficient (Wildman–Crippen LogP) is 2.94. The number of para-hydroxylation sites is 1. The fourth-order valence-corrected chi connectivity index (χ4v) is 2.19. The Labute approximate surface area is 132 Å². The first-order chi connectivity index (χ1) is 10.8. The Balaban J connectivity index is 1.73. The van der Waals surface area contributed by atoms with Gasteiger partial charge in [0.05, 0.1) is 0 Å². The zero-order chi connectivity index (χ0) is 15.6. The van der Waals surface area contributed by atoms with E-state index < -0.39 is 6.10 Å². The van der Waals surface area contributed by atoms with Crippen molar-refractivity contribution < 1.29 is 9.84 Å². The summed E-state index contributed by atoms with van der Waals surface area (Å²) in [4.78, 5) is 0. The van der Waals surface area contributed by atoms with Gasteiger partial charge in [-0.15, -0.1) is 6.58 Å². The summed E-state index contributed by atoms with van der Waals surface area (Å²) in [5.74, 6) is 0.810. The summed E-state index contributed by atoms with van der Waals surface area (Å²) >= 11 is 0. The Kier molecular flexibility index (Phi) is 6.68. The molecule has 22 heavy (non-hydrogen) atoms. The Morgan fingerprint density at radius 2 is 1.82 bits per heavy atom. The van der Waals surface area contributed by atoms with Crippen molar-refractivity contribution in [1.82, 2.24) is 5.32 Å². The minimum absolute atomic E-state index is 0.274. The average molecular weight is 297 g/mol. The van der Waals surface area contributed by atoms with Crippen LogP contribution in [0.15, 0.2) is 67.3 Å². The van der Waals surface area contributed by atoms with Crippen LogP contribution in [0, 0.1) is 0 Å². The van der Waals surface area contributed by atoms with Crippen LogP contribution in [-0.2, 0) is 13.0 Å². The molecule has 0 bridgehead atoms. The van der Waals surface area contributed by atoms with E-state index in [0.29, 0.717) is 6.54 Å². The first kappa shape index (κ1) is 16.3. The van der Waals surface area contributed by atoms with Crippen LogP contribution in [0.2, 0.25) is 0 Å². The third kappa shape index (κ3) is 5.35. The molecule has 3 heteroatoms. The number of nitrogens with one attached hydrogen (secondary N) is 1. The highest BCUT2D eigenvalue weighted by atomic mass is 16.5. The standard InChI is InChI=1S/C19H23NO2/c1-2-8-17-11-6-7-12-19(17)22-15-18(21)14-20-13-16-9-4-3-5-10-16/h2-7,9-12,18,20-21H,1,8,13-15H2/t18-/m1/s1. The molecule has 0 unspecified atom stereocenters. The van der Waals surface area contributed by atoms with E-state index in [2.05, 4.69) is 24.0 Å². The Morgan fingerprint density at radius 1 is 1.09 bits per heavy atom. The van der Waals surface area contributed by atoms with Crippen LogP contribution < -0.4 is 10.1 Å². The van der Waals surface area contributed by atoms with E-state index in [-0.39, 0.29) is 6.61 Å². The number of rotatable bonds is 9. The highest BCUT2D eigenvalue weighted by Gasteiger charge is 2.07. The quantitative estimate of drug-likeness (QED) is 0.699. The molecule has 1 atom stereocenters. The zero-order valence-electron chi connectivity index (χ0n) is 12.7. The van der Waals surface area contributed by atoms with Crippen LogP contribution in [0.5, 0.6) is 5.75 Å². The molecule has 0 saturated carbocycles. The first-order valence-corrected chi connectivity index (χ1v) is 7.54. The van der Waals surface area contributed by atoms with Gasteiger partial charge in [-0.1, -0.05) is 54.6 Å². The molecule has 0 aromatic heterocycles. The van der Waals surface area contributed by atoms with Crippen LogP contribution in [0.4, 0.5) is 0 Å². The molecule has 0 fully saturated rings. The minimum atomic E-state index is -0.541. The largest absolute Gasteiger partial charge is 0.491 e. The summed E-state index contributed by atoms with van der Waals surface area (Å²) in [6.07, 6.45) is 2.07. The molecule has 0 radical (unpaired) electrons. The van der Waals surface area contributed by atoms with Crippen LogP contribution in [0.25, 0.3) is 0 Å². The van der Waals surface area contributed by atoms with E-state index in [1.165, 1.54) is 5.56 Å². The van der Waals surface area contributed by atoms with Gasteiger partial charge in [-0.3, -0.25) is 0 Å². The van der Waals surface area contributed by atoms with Crippen molar-refractivity contribution >= 4 is 0 Å². The smallest absolute Gasteiger partial charge is 0.122 e. The molecule has 2 rings (SSSR count). The molecule has 0 aliphatic rings. The maximum absolute atomic E-state index is 10.0. The Morgan fingerprint density at radius 3 is 2.59 bits per heavy atom.